The molecule has 1 N–H and O–H groups in total. The molecule has 0 atom stereocenters. The number of nitrogens with one attached hydrogen (secondary N) is 1. The van der Waals surface area contributed by atoms with Crippen molar-refractivity contribution in [2.45, 2.75) is 13.3 Å². The normalized spacial score (nSPS) is 11.0. The first-order valence-electron chi connectivity index (χ1n) is 8.83. The number of hydrogen-bond donors (Lipinski definition) is 1. The van der Waals surface area contributed by atoms with Crippen LogP contribution in [0.3, 0.4) is 0 Å². The predicted molar refractivity (Wildman–Crippen MR) is 123 cm³/mol. The van der Waals surface area contributed by atoms with Gasteiger partial charge in [0.2, 0.25) is 0 Å². The van der Waals surface area contributed by atoms with Crippen molar-refractivity contribution in [1.82, 2.24) is 0 Å². The molecule has 0 bridgehead atoms. The van der Waals surface area contributed by atoms with Gasteiger partial charge in [0.1, 0.15) is 5.82 Å². The number of amides is 1. The van der Waals surface area contributed by atoms with Gasteiger partial charge in [-0.15, -0.1) is 11.3 Å². The Morgan fingerprint density at radius 1 is 1.07 bits per heavy atom. The molecule has 0 aliphatic carbocycles. The second-order valence-electron chi connectivity index (χ2n) is 6.65. The van der Waals surface area contributed by atoms with Gasteiger partial charge in [0, 0.05) is 8.27 Å². The highest BCUT2D eigenvalue weighted by molar-refractivity contribution is 14.1. The molecule has 1 heterocycles. The molecule has 0 aliphatic heterocycles. The van der Waals surface area contributed by atoms with Gasteiger partial charge in [-0.1, -0.05) is 48.0 Å². The van der Waals surface area contributed by atoms with Crippen LogP contribution in [0.4, 0.5) is 10.1 Å². The van der Waals surface area contributed by atoms with Gasteiger partial charge in [0.15, 0.2) is 0 Å². The van der Waals surface area contributed by atoms with Crippen LogP contribution in [0.15, 0.2) is 66.7 Å². The maximum Gasteiger partial charge on any atom is 0.266 e. The zero-order valence-electron chi connectivity index (χ0n) is 15.1. The number of carbonyl (C=O) groups is 1. The molecule has 0 saturated carbocycles. The molecular weight excluding hydrogens is 484 g/mol. The van der Waals surface area contributed by atoms with Gasteiger partial charge < -0.3 is 5.32 Å². The van der Waals surface area contributed by atoms with E-state index in [0.29, 0.717) is 11.3 Å². The average Bonchev–Trinajstić information content (AvgIpc) is 3.04. The monoisotopic (exact) mass is 501 g/mol. The molecule has 2 nitrogen and oxygen atoms in total. The summed E-state index contributed by atoms with van der Waals surface area (Å²) in [5.41, 5.74) is 3.52. The summed E-state index contributed by atoms with van der Waals surface area (Å²) in [6.45, 7) is 2.05. The number of carbonyl (C=O) groups excluding carboxylic acids is 1. The molecule has 0 fully saturated rings. The van der Waals surface area contributed by atoms with Gasteiger partial charge in [0.25, 0.3) is 5.91 Å². The Bertz CT molecular complexity index is 1170. The summed E-state index contributed by atoms with van der Waals surface area (Å²) in [5.74, 6) is -0.704. The lowest BCUT2D eigenvalue weighted by molar-refractivity contribution is 0.102. The number of anilines is 1. The molecule has 0 radical (unpaired) electrons. The van der Waals surface area contributed by atoms with E-state index in [1.54, 1.807) is 12.1 Å². The summed E-state index contributed by atoms with van der Waals surface area (Å²) in [5, 5.41) is 3.81. The minimum atomic E-state index is -0.429. The van der Waals surface area contributed by atoms with E-state index in [2.05, 4.69) is 36.5 Å². The standard InChI is InChI=1S/C23H17FINOS/c1-14-6-8-15(9-7-14)12-18-17-4-2-3-5-21(17)28-22(18)23(27)26-20-11-10-16(25)13-19(20)24/h2-11,13H,12H2,1H3,(H,26,27). The van der Waals surface area contributed by atoms with E-state index in [-0.39, 0.29) is 11.6 Å². The SMILES string of the molecule is Cc1ccc(Cc2c(C(=O)Nc3ccc(I)cc3F)sc3ccccc23)cc1. The van der Waals surface area contributed by atoms with Gasteiger partial charge in [-0.25, -0.2) is 4.39 Å². The van der Waals surface area contributed by atoms with E-state index < -0.39 is 5.82 Å². The molecule has 0 unspecified atom stereocenters. The van der Waals surface area contributed by atoms with Gasteiger partial charge in [-0.2, -0.15) is 0 Å². The quantitative estimate of drug-likeness (QED) is 0.307. The van der Waals surface area contributed by atoms with Gasteiger partial charge >= 0.3 is 0 Å². The predicted octanol–water partition coefficient (Wildman–Crippen LogP) is 6.80. The van der Waals surface area contributed by atoms with Crippen molar-refractivity contribution >= 4 is 55.6 Å². The number of benzene rings is 3. The summed E-state index contributed by atoms with van der Waals surface area (Å²) in [7, 11) is 0. The second-order valence-corrected chi connectivity index (χ2v) is 8.94. The maximum absolute atomic E-state index is 14.2. The van der Waals surface area contributed by atoms with E-state index in [9.17, 15) is 9.18 Å². The molecule has 1 aromatic heterocycles. The largest absolute Gasteiger partial charge is 0.319 e. The van der Waals surface area contributed by atoms with Crippen molar-refractivity contribution in [1.29, 1.82) is 0 Å². The van der Waals surface area contributed by atoms with Gasteiger partial charge in [-0.05, 0) is 76.7 Å². The fourth-order valence-electron chi connectivity index (χ4n) is 3.14. The molecule has 0 saturated heterocycles. The Morgan fingerprint density at radius 3 is 2.57 bits per heavy atom. The molecule has 28 heavy (non-hydrogen) atoms. The lowest BCUT2D eigenvalue weighted by atomic mass is 10.0. The van der Waals surface area contributed by atoms with Crippen LogP contribution < -0.4 is 5.32 Å². The molecule has 4 aromatic rings. The molecule has 5 heteroatoms. The van der Waals surface area contributed by atoms with Gasteiger partial charge in [-0.3, -0.25) is 4.79 Å². The Labute approximate surface area is 180 Å². The lowest BCUT2D eigenvalue weighted by Gasteiger charge is -2.08. The summed E-state index contributed by atoms with van der Waals surface area (Å²) in [6, 6.07) is 21.1. The maximum atomic E-state index is 14.2. The van der Waals surface area contributed by atoms with E-state index in [0.717, 1.165) is 24.8 Å². The fourth-order valence-corrected chi connectivity index (χ4v) is 4.71. The number of fused-ring (bicyclic) bond motifs is 1. The number of aryl methyl sites for hydroxylation is 1. The smallest absolute Gasteiger partial charge is 0.266 e. The third-order valence-corrected chi connectivity index (χ3v) is 6.47. The number of thiophene rings is 1. The highest BCUT2D eigenvalue weighted by Gasteiger charge is 2.19. The number of halogens is 2. The number of hydrogen-bond acceptors (Lipinski definition) is 2. The van der Waals surface area contributed by atoms with Crippen molar-refractivity contribution < 1.29 is 9.18 Å². The third kappa shape index (κ3) is 3.95. The van der Waals surface area contributed by atoms with Crippen LogP contribution in [0, 0.1) is 16.3 Å². The topological polar surface area (TPSA) is 29.1 Å². The summed E-state index contributed by atoms with van der Waals surface area (Å²) < 4.78 is 16.0. The van der Waals surface area contributed by atoms with E-state index in [1.807, 2.05) is 46.9 Å². The van der Waals surface area contributed by atoms with Crippen LogP contribution in [0.1, 0.15) is 26.4 Å². The number of rotatable bonds is 4. The van der Waals surface area contributed by atoms with Crippen LogP contribution >= 0.6 is 33.9 Å². The summed E-state index contributed by atoms with van der Waals surface area (Å²) in [6.07, 6.45) is 0.655. The zero-order chi connectivity index (χ0) is 19.7. The van der Waals surface area contributed by atoms with E-state index in [4.69, 9.17) is 0 Å². The zero-order valence-corrected chi connectivity index (χ0v) is 18.1. The second kappa shape index (κ2) is 8.01. The Hall–Kier alpha value is -2.25. The molecule has 3 aromatic carbocycles. The van der Waals surface area contributed by atoms with Crippen molar-refractivity contribution in [3.05, 3.63) is 97.7 Å². The average molecular weight is 501 g/mol. The van der Waals surface area contributed by atoms with Gasteiger partial charge in [0.05, 0.1) is 10.6 Å². The summed E-state index contributed by atoms with van der Waals surface area (Å²) in [4.78, 5) is 13.6. The van der Waals surface area contributed by atoms with Crippen molar-refractivity contribution in [2.24, 2.45) is 0 Å². The minimum absolute atomic E-state index is 0.198. The first-order valence-corrected chi connectivity index (χ1v) is 10.7. The van der Waals surface area contributed by atoms with Crippen molar-refractivity contribution in [3.63, 3.8) is 0 Å². The Morgan fingerprint density at radius 2 is 1.82 bits per heavy atom. The lowest BCUT2D eigenvalue weighted by Crippen LogP contribution is -2.13. The van der Waals surface area contributed by atoms with E-state index >= 15 is 0 Å². The summed E-state index contributed by atoms with van der Waals surface area (Å²) >= 11 is 3.49. The Kier molecular flexibility index (Phi) is 5.46. The van der Waals surface area contributed by atoms with E-state index in [1.165, 1.54) is 23.0 Å². The highest BCUT2D eigenvalue weighted by atomic mass is 127. The highest BCUT2D eigenvalue weighted by Crippen LogP contribution is 2.34. The van der Waals surface area contributed by atoms with Crippen molar-refractivity contribution in [3.8, 4) is 0 Å². The Balaban J connectivity index is 1.73. The van der Waals surface area contributed by atoms with Crippen molar-refractivity contribution in [2.75, 3.05) is 5.32 Å². The fraction of sp³-hybridized carbons (Fsp3) is 0.0870. The third-order valence-electron chi connectivity index (χ3n) is 4.59. The molecule has 1 amide bonds. The van der Waals surface area contributed by atoms with Crippen LogP contribution in [0.25, 0.3) is 10.1 Å². The molecular formula is C23H17FINOS. The minimum Gasteiger partial charge on any atom is -0.319 e. The molecule has 140 valence electrons. The van der Waals surface area contributed by atoms with Crippen LogP contribution in [0.5, 0.6) is 0 Å². The first kappa shape index (κ1) is 19.1. The van der Waals surface area contributed by atoms with Crippen LogP contribution in [-0.2, 0) is 6.42 Å². The molecule has 0 aliphatic rings. The molecule has 0 spiro atoms. The molecule has 4 rings (SSSR count). The first-order chi connectivity index (χ1) is 13.5. The van der Waals surface area contributed by atoms with Crippen LogP contribution in [0.2, 0.25) is 0 Å². The van der Waals surface area contributed by atoms with Crippen LogP contribution in [-0.4, -0.2) is 5.91 Å².